The Morgan fingerprint density at radius 3 is 2.65 bits per heavy atom. The van der Waals surface area contributed by atoms with Gasteiger partial charge in [-0.2, -0.15) is 0 Å². The Hall–Kier alpha value is -0.780. The van der Waals surface area contributed by atoms with Crippen LogP contribution in [-0.2, 0) is 0 Å². The molecule has 0 aliphatic carbocycles. The fourth-order valence-electron chi connectivity index (χ4n) is 3.19. The summed E-state index contributed by atoms with van der Waals surface area (Å²) in [4.78, 5) is 2.56. The third-order valence-electron chi connectivity index (χ3n) is 4.41. The Bertz CT molecular complexity index is 490. The molecule has 0 bridgehead atoms. The van der Waals surface area contributed by atoms with Crippen LogP contribution in [0.1, 0.15) is 51.1 Å². The van der Waals surface area contributed by atoms with E-state index in [1.807, 2.05) is 13.0 Å². The smallest absolute Gasteiger partial charge is 0.172 e. The zero-order chi connectivity index (χ0) is 16.7. The predicted octanol–water partition coefficient (Wildman–Crippen LogP) is 4.08. The molecule has 2 N–H and O–H groups in total. The molecule has 2 rings (SSSR count). The number of benzene rings is 1. The molecule has 23 heavy (non-hydrogen) atoms. The minimum Gasteiger partial charge on any atom is -0.503 e. The van der Waals surface area contributed by atoms with E-state index in [2.05, 4.69) is 39.1 Å². The molecule has 1 saturated heterocycles. The Balaban J connectivity index is 2.25. The first kappa shape index (κ1) is 18.6. The highest BCUT2D eigenvalue weighted by molar-refractivity contribution is 9.10. The van der Waals surface area contributed by atoms with E-state index in [4.69, 9.17) is 4.74 Å². The van der Waals surface area contributed by atoms with Gasteiger partial charge in [-0.3, -0.25) is 4.90 Å². The molecule has 1 heterocycles. The summed E-state index contributed by atoms with van der Waals surface area (Å²) in [5.41, 5.74) is 1.23. The maximum Gasteiger partial charge on any atom is 0.172 e. The minimum atomic E-state index is 0.197. The lowest BCUT2D eigenvalue weighted by atomic mass is 9.97. The summed E-state index contributed by atoms with van der Waals surface area (Å²) in [6.45, 7) is 8.96. The number of aromatic hydroxyl groups is 1. The van der Waals surface area contributed by atoms with E-state index in [-0.39, 0.29) is 5.75 Å². The van der Waals surface area contributed by atoms with Gasteiger partial charge in [0.15, 0.2) is 11.5 Å². The molecular formula is C18H29BrN2O2. The lowest BCUT2D eigenvalue weighted by Crippen LogP contribution is -2.45. The molecule has 1 aromatic rings. The number of rotatable bonds is 8. The van der Waals surface area contributed by atoms with E-state index in [0.717, 1.165) is 32.6 Å². The van der Waals surface area contributed by atoms with Gasteiger partial charge in [0.25, 0.3) is 0 Å². The molecule has 1 atom stereocenters. The Kier molecular flexibility index (Phi) is 7.66. The van der Waals surface area contributed by atoms with E-state index in [1.165, 1.54) is 24.8 Å². The van der Waals surface area contributed by atoms with E-state index in [1.54, 1.807) is 0 Å². The summed E-state index contributed by atoms with van der Waals surface area (Å²) in [6.07, 6.45) is 4.88. The largest absolute Gasteiger partial charge is 0.503 e. The van der Waals surface area contributed by atoms with Crippen LogP contribution in [0.5, 0.6) is 11.5 Å². The number of nitrogens with zero attached hydrogens (tertiary/aromatic N) is 1. The summed E-state index contributed by atoms with van der Waals surface area (Å²) in [5.74, 6) is 0.774. The zero-order valence-corrected chi connectivity index (χ0v) is 15.9. The Morgan fingerprint density at radius 1 is 1.26 bits per heavy atom. The van der Waals surface area contributed by atoms with Crippen molar-refractivity contribution in [1.29, 1.82) is 0 Å². The molecule has 0 saturated carbocycles. The number of phenols is 1. The van der Waals surface area contributed by atoms with Crippen molar-refractivity contribution in [2.45, 2.75) is 45.6 Å². The van der Waals surface area contributed by atoms with Gasteiger partial charge in [0.2, 0.25) is 0 Å². The second kappa shape index (κ2) is 9.50. The SMILES string of the molecule is CCCCC[C@@H](c1cc(Br)c(O)c(OCC)c1)N1CCNCC1. The third-order valence-corrected chi connectivity index (χ3v) is 5.01. The third kappa shape index (κ3) is 5.10. The van der Waals surface area contributed by atoms with E-state index >= 15 is 0 Å². The number of hydrogen-bond donors (Lipinski definition) is 2. The maximum absolute atomic E-state index is 10.2. The number of piperazine rings is 1. The van der Waals surface area contributed by atoms with Crippen molar-refractivity contribution in [1.82, 2.24) is 10.2 Å². The molecule has 130 valence electrons. The average molecular weight is 385 g/mol. The molecule has 0 aromatic heterocycles. The summed E-state index contributed by atoms with van der Waals surface area (Å²) in [7, 11) is 0. The van der Waals surface area contributed by atoms with Crippen LogP contribution in [0.4, 0.5) is 0 Å². The van der Waals surface area contributed by atoms with Crippen LogP contribution >= 0.6 is 15.9 Å². The van der Waals surface area contributed by atoms with Gasteiger partial charge in [-0.05, 0) is 47.0 Å². The normalized spacial score (nSPS) is 17.2. The van der Waals surface area contributed by atoms with E-state index in [9.17, 15) is 5.11 Å². The Labute approximate surface area is 148 Å². The number of halogens is 1. The summed E-state index contributed by atoms with van der Waals surface area (Å²) in [5, 5.41) is 13.6. The van der Waals surface area contributed by atoms with Gasteiger partial charge in [-0.15, -0.1) is 0 Å². The molecule has 1 fully saturated rings. The first-order chi connectivity index (χ1) is 11.2. The maximum atomic E-state index is 10.2. The molecule has 5 heteroatoms. The summed E-state index contributed by atoms with van der Waals surface area (Å²) >= 11 is 3.48. The molecule has 0 unspecified atom stereocenters. The van der Waals surface area contributed by atoms with Crippen molar-refractivity contribution in [3.8, 4) is 11.5 Å². The lowest BCUT2D eigenvalue weighted by molar-refractivity contribution is 0.162. The fraction of sp³-hybridized carbons (Fsp3) is 0.667. The van der Waals surface area contributed by atoms with Crippen molar-refractivity contribution in [3.63, 3.8) is 0 Å². The highest BCUT2D eigenvalue weighted by Crippen LogP contribution is 2.39. The summed E-state index contributed by atoms with van der Waals surface area (Å²) in [6, 6.07) is 4.46. The average Bonchev–Trinajstić information content (AvgIpc) is 2.57. The van der Waals surface area contributed by atoms with Gasteiger partial charge in [-0.1, -0.05) is 26.2 Å². The van der Waals surface area contributed by atoms with Gasteiger partial charge in [0.1, 0.15) is 0 Å². The topological polar surface area (TPSA) is 44.7 Å². The second-order valence-corrected chi connectivity index (χ2v) is 6.93. The van der Waals surface area contributed by atoms with Crippen molar-refractivity contribution in [3.05, 3.63) is 22.2 Å². The van der Waals surface area contributed by atoms with Crippen LogP contribution in [0.3, 0.4) is 0 Å². The number of phenolic OH excluding ortho intramolecular Hbond substituents is 1. The van der Waals surface area contributed by atoms with Crippen LogP contribution in [0.2, 0.25) is 0 Å². The number of nitrogens with one attached hydrogen (secondary N) is 1. The monoisotopic (exact) mass is 384 g/mol. The molecule has 1 aliphatic rings. The number of ether oxygens (including phenoxy) is 1. The molecule has 1 aliphatic heterocycles. The van der Waals surface area contributed by atoms with Crippen LogP contribution < -0.4 is 10.1 Å². The molecule has 4 nitrogen and oxygen atoms in total. The zero-order valence-electron chi connectivity index (χ0n) is 14.3. The molecule has 0 spiro atoms. The minimum absolute atomic E-state index is 0.197. The quantitative estimate of drug-likeness (QED) is 0.662. The first-order valence-electron chi connectivity index (χ1n) is 8.77. The fourth-order valence-corrected chi connectivity index (χ4v) is 3.65. The highest BCUT2D eigenvalue weighted by Gasteiger charge is 2.23. The standard InChI is InChI=1S/C18H29BrN2O2/c1-3-5-6-7-16(21-10-8-20-9-11-21)14-12-15(19)18(22)17(13-14)23-4-2/h12-13,16,20,22H,3-11H2,1-2H3/t16-/m0/s1. The van der Waals surface area contributed by atoms with Crippen molar-refractivity contribution < 1.29 is 9.84 Å². The first-order valence-corrected chi connectivity index (χ1v) is 9.56. The van der Waals surface area contributed by atoms with Crippen LogP contribution in [0.15, 0.2) is 16.6 Å². The molecule has 0 amide bonds. The highest BCUT2D eigenvalue weighted by atomic mass is 79.9. The van der Waals surface area contributed by atoms with Gasteiger partial charge in [0, 0.05) is 32.2 Å². The van der Waals surface area contributed by atoms with Crippen LogP contribution in [-0.4, -0.2) is 42.8 Å². The summed E-state index contributed by atoms with van der Waals surface area (Å²) < 4.78 is 6.33. The van der Waals surface area contributed by atoms with Crippen LogP contribution in [0.25, 0.3) is 0 Å². The van der Waals surface area contributed by atoms with Crippen LogP contribution in [0, 0.1) is 0 Å². The molecular weight excluding hydrogens is 356 g/mol. The van der Waals surface area contributed by atoms with Gasteiger partial charge >= 0.3 is 0 Å². The van der Waals surface area contributed by atoms with Gasteiger partial charge in [-0.25, -0.2) is 0 Å². The predicted molar refractivity (Wildman–Crippen MR) is 98.3 cm³/mol. The van der Waals surface area contributed by atoms with Crippen molar-refractivity contribution in [2.75, 3.05) is 32.8 Å². The second-order valence-electron chi connectivity index (χ2n) is 6.08. The lowest BCUT2D eigenvalue weighted by Gasteiger charge is -2.35. The van der Waals surface area contributed by atoms with Gasteiger partial charge < -0.3 is 15.2 Å². The number of unbranched alkanes of at least 4 members (excludes halogenated alkanes) is 2. The van der Waals surface area contributed by atoms with E-state index < -0.39 is 0 Å². The number of hydrogen-bond acceptors (Lipinski definition) is 4. The van der Waals surface area contributed by atoms with E-state index in [0.29, 0.717) is 22.9 Å². The molecule has 0 radical (unpaired) electrons. The van der Waals surface area contributed by atoms with Crippen molar-refractivity contribution in [2.24, 2.45) is 0 Å². The molecule has 1 aromatic carbocycles. The van der Waals surface area contributed by atoms with Gasteiger partial charge in [0.05, 0.1) is 11.1 Å². The van der Waals surface area contributed by atoms with Crippen molar-refractivity contribution >= 4 is 15.9 Å². The Morgan fingerprint density at radius 2 is 2.00 bits per heavy atom.